The van der Waals surface area contributed by atoms with Crippen LogP contribution in [0.2, 0.25) is 0 Å². The van der Waals surface area contributed by atoms with Gasteiger partial charge in [-0.3, -0.25) is 4.68 Å². The van der Waals surface area contributed by atoms with Gasteiger partial charge in [0.2, 0.25) is 0 Å². The quantitative estimate of drug-likeness (QED) is 0.794. The Labute approximate surface area is 95.7 Å². The van der Waals surface area contributed by atoms with Crippen molar-refractivity contribution in [2.75, 3.05) is 23.9 Å². The number of nitrogen functional groups attached to an aromatic ring is 1. The van der Waals surface area contributed by atoms with Crippen LogP contribution in [-0.4, -0.2) is 35.7 Å². The summed E-state index contributed by atoms with van der Waals surface area (Å²) in [5, 5.41) is 7.03. The monoisotopic (exact) mass is 246 g/mol. The summed E-state index contributed by atoms with van der Waals surface area (Å²) in [5.41, 5.74) is 6.19. The van der Waals surface area contributed by atoms with Crippen molar-refractivity contribution in [1.82, 2.24) is 9.78 Å². The molecule has 6 nitrogen and oxygen atoms in total. The van der Waals surface area contributed by atoms with Gasteiger partial charge in [-0.2, -0.15) is 5.10 Å². The first-order valence-corrected chi connectivity index (χ1v) is 6.75. The average molecular weight is 246 g/mol. The second kappa shape index (κ2) is 3.97. The highest BCUT2D eigenvalue weighted by molar-refractivity contribution is 7.92. The summed E-state index contributed by atoms with van der Waals surface area (Å²) in [6, 6.07) is 0. The molecule has 0 aromatic carbocycles. The topological polar surface area (TPSA) is 90.0 Å². The number of sulfone groups is 1. The van der Waals surface area contributed by atoms with E-state index in [9.17, 15) is 8.42 Å². The Morgan fingerprint density at radius 2 is 2.12 bits per heavy atom. The summed E-state index contributed by atoms with van der Waals surface area (Å²) in [7, 11) is -1.36. The summed E-state index contributed by atoms with van der Waals surface area (Å²) >= 11 is 0. The van der Waals surface area contributed by atoms with E-state index in [4.69, 9.17) is 5.73 Å². The van der Waals surface area contributed by atoms with Crippen LogP contribution < -0.4 is 11.1 Å². The molecule has 0 fully saturated rings. The Balaban J connectivity index is 2.76. The van der Waals surface area contributed by atoms with Crippen molar-refractivity contribution in [2.24, 2.45) is 7.05 Å². The van der Waals surface area contributed by atoms with Gasteiger partial charge in [0.25, 0.3) is 0 Å². The molecule has 0 saturated carbocycles. The Bertz CT molecular complexity index is 476. The minimum Gasteiger partial charge on any atom is -0.394 e. The lowest BCUT2D eigenvalue weighted by molar-refractivity contribution is 0.559. The zero-order chi connectivity index (χ0) is 12.6. The Hall–Kier alpha value is -1.24. The van der Waals surface area contributed by atoms with Crippen molar-refractivity contribution in [2.45, 2.75) is 18.6 Å². The molecule has 1 rings (SSSR count). The van der Waals surface area contributed by atoms with Crippen LogP contribution in [-0.2, 0) is 16.9 Å². The van der Waals surface area contributed by atoms with Crippen LogP contribution in [0, 0.1) is 0 Å². The Kier molecular flexibility index (Phi) is 3.18. The van der Waals surface area contributed by atoms with Crippen molar-refractivity contribution in [1.29, 1.82) is 0 Å². The molecular formula is C9H18N4O2S. The molecule has 0 aliphatic carbocycles. The van der Waals surface area contributed by atoms with E-state index in [0.29, 0.717) is 11.5 Å². The number of rotatable bonds is 4. The van der Waals surface area contributed by atoms with E-state index >= 15 is 0 Å². The molecule has 0 atom stereocenters. The van der Waals surface area contributed by atoms with Gasteiger partial charge in [-0.25, -0.2) is 8.42 Å². The van der Waals surface area contributed by atoms with Crippen molar-refractivity contribution in [3.63, 3.8) is 0 Å². The molecule has 0 bridgehead atoms. The normalized spacial score (nSPS) is 12.8. The largest absolute Gasteiger partial charge is 0.394 e. The predicted octanol–water partition coefficient (Wildman–Crippen LogP) is 0.237. The van der Waals surface area contributed by atoms with Gasteiger partial charge in [0.05, 0.1) is 10.4 Å². The molecule has 0 unspecified atom stereocenters. The molecular weight excluding hydrogens is 228 g/mol. The van der Waals surface area contributed by atoms with Crippen molar-refractivity contribution < 1.29 is 8.42 Å². The first-order valence-electron chi connectivity index (χ1n) is 4.86. The number of nitrogens with two attached hydrogens (primary N) is 1. The Morgan fingerprint density at radius 1 is 1.56 bits per heavy atom. The minimum absolute atomic E-state index is 0.271. The number of anilines is 2. The number of aryl methyl sites for hydroxylation is 1. The maximum atomic E-state index is 11.5. The van der Waals surface area contributed by atoms with Gasteiger partial charge < -0.3 is 11.1 Å². The van der Waals surface area contributed by atoms with E-state index in [1.807, 2.05) is 0 Å². The van der Waals surface area contributed by atoms with Crippen LogP contribution in [0.4, 0.5) is 11.5 Å². The summed E-state index contributed by atoms with van der Waals surface area (Å²) in [5.74, 6) is 0.513. The fraction of sp³-hybridized carbons (Fsp3) is 0.667. The van der Waals surface area contributed by atoms with Gasteiger partial charge in [0, 0.05) is 26.0 Å². The molecule has 0 aliphatic heterocycles. The Morgan fingerprint density at radius 3 is 2.50 bits per heavy atom. The maximum absolute atomic E-state index is 11.5. The first-order chi connectivity index (χ1) is 7.13. The third-order valence-electron chi connectivity index (χ3n) is 2.54. The maximum Gasteiger partial charge on any atom is 0.171 e. The summed E-state index contributed by atoms with van der Waals surface area (Å²) in [6.07, 6.45) is 2.88. The number of hydrogen-bond donors (Lipinski definition) is 2. The second-order valence-corrected chi connectivity index (χ2v) is 7.14. The van der Waals surface area contributed by atoms with Gasteiger partial charge in [-0.05, 0) is 13.8 Å². The van der Waals surface area contributed by atoms with Crippen molar-refractivity contribution >= 4 is 21.3 Å². The SMILES string of the molecule is Cn1cc(N)c(NCC(C)(C)S(C)(=O)=O)n1. The van der Waals surface area contributed by atoms with Gasteiger partial charge in [0.1, 0.15) is 0 Å². The van der Waals surface area contributed by atoms with Crippen LogP contribution in [0.5, 0.6) is 0 Å². The van der Waals surface area contributed by atoms with E-state index in [2.05, 4.69) is 10.4 Å². The lowest BCUT2D eigenvalue weighted by Crippen LogP contribution is -2.38. The molecule has 16 heavy (non-hydrogen) atoms. The molecule has 1 aromatic heterocycles. The summed E-state index contributed by atoms with van der Waals surface area (Å²) in [4.78, 5) is 0. The van der Waals surface area contributed by atoms with Gasteiger partial charge in [-0.1, -0.05) is 0 Å². The van der Waals surface area contributed by atoms with Crippen LogP contribution in [0.1, 0.15) is 13.8 Å². The minimum atomic E-state index is -3.12. The molecule has 0 radical (unpaired) electrons. The standard InChI is InChI=1S/C9H18N4O2S/c1-9(2,16(4,14)15)6-11-8-7(10)5-13(3)12-8/h5H,6,10H2,1-4H3,(H,11,12). The van der Waals surface area contributed by atoms with E-state index in [-0.39, 0.29) is 6.54 Å². The zero-order valence-corrected chi connectivity index (χ0v) is 10.8. The molecule has 1 heterocycles. The molecule has 1 aromatic rings. The number of aromatic nitrogens is 2. The molecule has 92 valence electrons. The fourth-order valence-corrected chi connectivity index (χ4v) is 1.41. The highest BCUT2D eigenvalue weighted by Crippen LogP contribution is 2.19. The van der Waals surface area contributed by atoms with Crippen molar-refractivity contribution in [3.8, 4) is 0 Å². The summed E-state index contributed by atoms with van der Waals surface area (Å²) in [6.45, 7) is 3.59. The molecule has 0 saturated heterocycles. The third-order valence-corrected chi connectivity index (χ3v) is 4.69. The molecule has 3 N–H and O–H groups in total. The lowest BCUT2D eigenvalue weighted by atomic mass is 10.2. The van der Waals surface area contributed by atoms with Crippen LogP contribution in [0.25, 0.3) is 0 Å². The third kappa shape index (κ3) is 2.66. The fourth-order valence-electron chi connectivity index (χ4n) is 1.07. The van der Waals surface area contributed by atoms with E-state index < -0.39 is 14.6 Å². The van der Waals surface area contributed by atoms with Crippen LogP contribution in [0.3, 0.4) is 0 Å². The zero-order valence-electron chi connectivity index (χ0n) is 9.98. The van der Waals surface area contributed by atoms with Gasteiger partial charge >= 0.3 is 0 Å². The molecule has 0 aliphatic rings. The number of nitrogens with one attached hydrogen (secondary N) is 1. The predicted molar refractivity (Wildman–Crippen MR) is 65.0 cm³/mol. The van der Waals surface area contributed by atoms with E-state index in [1.165, 1.54) is 6.26 Å². The molecule has 7 heteroatoms. The molecule has 0 amide bonds. The second-order valence-electron chi connectivity index (χ2n) is 4.49. The van der Waals surface area contributed by atoms with Crippen LogP contribution >= 0.6 is 0 Å². The van der Waals surface area contributed by atoms with E-state index in [0.717, 1.165) is 0 Å². The van der Waals surface area contributed by atoms with E-state index in [1.54, 1.807) is 31.8 Å². The highest BCUT2D eigenvalue weighted by Gasteiger charge is 2.30. The van der Waals surface area contributed by atoms with Crippen LogP contribution in [0.15, 0.2) is 6.20 Å². The van der Waals surface area contributed by atoms with Gasteiger partial charge in [-0.15, -0.1) is 0 Å². The average Bonchev–Trinajstić information content (AvgIpc) is 2.39. The molecule has 0 spiro atoms. The highest BCUT2D eigenvalue weighted by atomic mass is 32.2. The van der Waals surface area contributed by atoms with Crippen molar-refractivity contribution in [3.05, 3.63) is 6.20 Å². The smallest absolute Gasteiger partial charge is 0.171 e. The number of hydrogen-bond acceptors (Lipinski definition) is 5. The van der Waals surface area contributed by atoms with Gasteiger partial charge in [0.15, 0.2) is 15.7 Å². The lowest BCUT2D eigenvalue weighted by Gasteiger charge is -2.22. The number of nitrogens with zero attached hydrogens (tertiary/aromatic N) is 2. The summed E-state index contributed by atoms with van der Waals surface area (Å²) < 4.78 is 23.7. The first kappa shape index (κ1) is 12.8.